The van der Waals surface area contributed by atoms with Crippen LogP contribution < -0.4 is 10.1 Å². The Morgan fingerprint density at radius 3 is 2.72 bits per heavy atom. The molecule has 0 atom stereocenters. The fourth-order valence-electron chi connectivity index (χ4n) is 1.68. The average Bonchev–Trinajstić information content (AvgIpc) is 2.46. The van der Waals surface area contributed by atoms with Crippen LogP contribution in [0.5, 0.6) is 5.75 Å². The number of nitriles is 1. The van der Waals surface area contributed by atoms with E-state index in [1.807, 2.05) is 0 Å². The van der Waals surface area contributed by atoms with E-state index in [1.165, 1.54) is 0 Å². The number of aromatic nitrogens is 2. The molecule has 0 bridgehead atoms. The number of rotatable bonds is 3. The van der Waals surface area contributed by atoms with Gasteiger partial charge >= 0.3 is 0 Å². The van der Waals surface area contributed by atoms with Gasteiger partial charge in [0.25, 0.3) is 0 Å². The third-order valence-corrected chi connectivity index (χ3v) is 2.52. The minimum atomic E-state index is 0.554. The Labute approximate surface area is 105 Å². The highest BCUT2D eigenvalue weighted by Crippen LogP contribution is 2.32. The fraction of sp³-hybridized carbons (Fsp3) is 0.154. The number of benzene rings is 1. The van der Waals surface area contributed by atoms with Gasteiger partial charge in [0.2, 0.25) is 0 Å². The molecule has 0 aliphatic rings. The van der Waals surface area contributed by atoms with Gasteiger partial charge in [-0.05, 0) is 18.2 Å². The average molecular weight is 240 g/mol. The smallest absolute Gasteiger partial charge is 0.152 e. The van der Waals surface area contributed by atoms with Gasteiger partial charge in [0.1, 0.15) is 11.4 Å². The van der Waals surface area contributed by atoms with Crippen LogP contribution in [0.2, 0.25) is 0 Å². The van der Waals surface area contributed by atoms with Crippen molar-refractivity contribution in [3.63, 3.8) is 0 Å². The lowest BCUT2D eigenvalue weighted by Crippen LogP contribution is -1.99. The van der Waals surface area contributed by atoms with Crippen LogP contribution in [0.4, 0.5) is 5.82 Å². The van der Waals surface area contributed by atoms with Crippen molar-refractivity contribution in [2.75, 3.05) is 19.5 Å². The van der Waals surface area contributed by atoms with E-state index in [1.54, 1.807) is 44.8 Å². The first-order valence-electron chi connectivity index (χ1n) is 5.37. The fourth-order valence-corrected chi connectivity index (χ4v) is 1.68. The summed E-state index contributed by atoms with van der Waals surface area (Å²) in [5, 5.41) is 11.9. The quantitative estimate of drug-likeness (QED) is 0.889. The molecule has 1 N–H and O–H groups in total. The second kappa shape index (κ2) is 5.15. The predicted molar refractivity (Wildman–Crippen MR) is 68.3 cm³/mol. The van der Waals surface area contributed by atoms with E-state index in [2.05, 4.69) is 21.4 Å². The van der Waals surface area contributed by atoms with Crippen molar-refractivity contribution in [3.05, 3.63) is 36.2 Å². The number of ether oxygens (including phenoxy) is 1. The Morgan fingerprint density at radius 1 is 1.28 bits per heavy atom. The summed E-state index contributed by atoms with van der Waals surface area (Å²) in [5.41, 5.74) is 1.96. The van der Waals surface area contributed by atoms with Crippen LogP contribution in [0.15, 0.2) is 30.6 Å². The second-order valence-electron chi connectivity index (χ2n) is 3.53. The molecule has 5 heteroatoms. The molecular weight excluding hydrogens is 228 g/mol. The molecule has 2 rings (SSSR count). The van der Waals surface area contributed by atoms with E-state index in [-0.39, 0.29) is 0 Å². The summed E-state index contributed by atoms with van der Waals surface area (Å²) in [6, 6.07) is 7.30. The Morgan fingerprint density at radius 2 is 2.06 bits per heavy atom. The third kappa shape index (κ3) is 2.09. The van der Waals surface area contributed by atoms with Gasteiger partial charge in [0.05, 0.1) is 18.7 Å². The first kappa shape index (κ1) is 11.9. The minimum absolute atomic E-state index is 0.554. The van der Waals surface area contributed by atoms with Crippen LogP contribution in [-0.4, -0.2) is 24.1 Å². The molecule has 0 aliphatic carbocycles. The van der Waals surface area contributed by atoms with Crippen LogP contribution in [-0.2, 0) is 0 Å². The molecule has 0 spiro atoms. The van der Waals surface area contributed by atoms with Gasteiger partial charge in [-0.25, -0.2) is 4.98 Å². The zero-order chi connectivity index (χ0) is 13.0. The van der Waals surface area contributed by atoms with Crippen molar-refractivity contribution >= 4 is 5.82 Å². The van der Waals surface area contributed by atoms with Gasteiger partial charge in [0.15, 0.2) is 5.82 Å². The normalized spacial score (nSPS) is 9.61. The van der Waals surface area contributed by atoms with Crippen molar-refractivity contribution in [2.24, 2.45) is 0 Å². The third-order valence-electron chi connectivity index (χ3n) is 2.52. The van der Waals surface area contributed by atoms with Crippen LogP contribution >= 0.6 is 0 Å². The standard InChI is InChI=1S/C13H12N4O/c1-15-13-12(16-5-6-17-13)10-7-9(8-14)3-4-11(10)18-2/h3-7H,1-2H3,(H,15,17). The molecule has 0 amide bonds. The molecule has 0 saturated heterocycles. The van der Waals surface area contributed by atoms with Crippen molar-refractivity contribution in [1.29, 1.82) is 5.26 Å². The van der Waals surface area contributed by atoms with Gasteiger partial charge in [-0.1, -0.05) is 0 Å². The largest absolute Gasteiger partial charge is 0.496 e. The summed E-state index contributed by atoms with van der Waals surface area (Å²) in [7, 11) is 3.36. The molecule has 90 valence electrons. The summed E-state index contributed by atoms with van der Waals surface area (Å²) >= 11 is 0. The number of nitrogens with zero attached hydrogens (tertiary/aromatic N) is 3. The van der Waals surface area contributed by atoms with Crippen LogP contribution in [0, 0.1) is 11.3 Å². The summed E-state index contributed by atoms with van der Waals surface area (Å²) < 4.78 is 5.29. The molecule has 1 aromatic heterocycles. The molecule has 0 unspecified atom stereocenters. The first-order chi connectivity index (χ1) is 8.80. The van der Waals surface area contributed by atoms with E-state index in [0.29, 0.717) is 22.8 Å². The van der Waals surface area contributed by atoms with Crippen LogP contribution in [0.25, 0.3) is 11.3 Å². The lowest BCUT2D eigenvalue weighted by atomic mass is 10.1. The van der Waals surface area contributed by atoms with Gasteiger partial charge in [0, 0.05) is 25.0 Å². The molecule has 0 fully saturated rings. The Bertz CT molecular complexity index is 604. The number of nitrogens with one attached hydrogen (secondary N) is 1. The molecule has 2 aromatic rings. The maximum Gasteiger partial charge on any atom is 0.152 e. The number of hydrogen-bond acceptors (Lipinski definition) is 5. The van der Waals surface area contributed by atoms with Gasteiger partial charge < -0.3 is 10.1 Å². The highest BCUT2D eigenvalue weighted by molar-refractivity contribution is 5.77. The molecular formula is C13H12N4O. The molecule has 1 aromatic carbocycles. The zero-order valence-corrected chi connectivity index (χ0v) is 10.1. The van der Waals surface area contributed by atoms with E-state index in [9.17, 15) is 0 Å². The Hall–Kier alpha value is -2.61. The maximum absolute atomic E-state index is 8.96. The number of anilines is 1. The van der Waals surface area contributed by atoms with Gasteiger partial charge in [-0.2, -0.15) is 5.26 Å². The van der Waals surface area contributed by atoms with E-state index in [4.69, 9.17) is 10.00 Å². The highest BCUT2D eigenvalue weighted by atomic mass is 16.5. The van der Waals surface area contributed by atoms with Crippen LogP contribution in [0.3, 0.4) is 0 Å². The number of hydrogen-bond donors (Lipinski definition) is 1. The SMILES string of the molecule is CNc1nccnc1-c1cc(C#N)ccc1OC. The topological polar surface area (TPSA) is 70.8 Å². The molecule has 1 heterocycles. The summed E-state index contributed by atoms with van der Waals surface area (Å²) in [6.07, 6.45) is 3.21. The summed E-state index contributed by atoms with van der Waals surface area (Å²) in [5.74, 6) is 1.30. The predicted octanol–water partition coefficient (Wildman–Crippen LogP) is 2.07. The lowest BCUT2D eigenvalue weighted by Gasteiger charge is -2.11. The monoisotopic (exact) mass is 240 g/mol. The van der Waals surface area contributed by atoms with Crippen LogP contribution in [0.1, 0.15) is 5.56 Å². The summed E-state index contributed by atoms with van der Waals surface area (Å²) in [4.78, 5) is 8.48. The molecule has 0 saturated carbocycles. The summed E-state index contributed by atoms with van der Waals surface area (Å²) in [6.45, 7) is 0. The minimum Gasteiger partial charge on any atom is -0.496 e. The van der Waals surface area contributed by atoms with E-state index < -0.39 is 0 Å². The second-order valence-corrected chi connectivity index (χ2v) is 3.53. The van der Waals surface area contributed by atoms with E-state index in [0.717, 1.165) is 5.56 Å². The highest BCUT2D eigenvalue weighted by Gasteiger charge is 2.12. The van der Waals surface area contributed by atoms with Crippen molar-refractivity contribution < 1.29 is 4.74 Å². The zero-order valence-electron chi connectivity index (χ0n) is 10.1. The lowest BCUT2D eigenvalue weighted by molar-refractivity contribution is 0.416. The molecule has 0 aliphatic heterocycles. The Kier molecular flexibility index (Phi) is 3.39. The molecule has 5 nitrogen and oxygen atoms in total. The molecule has 0 radical (unpaired) electrons. The van der Waals surface area contributed by atoms with E-state index >= 15 is 0 Å². The van der Waals surface area contributed by atoms with Crippen molar-refractivity contribution in [2.45, 2.75) is 0 Å². The first-order valence-corrected chi connectivity index (χ1v) is 5.37. The van der Waals surface area contributed by atoms with Gasteiger partial charge in [-0.15, -0.1) is 0 Å². The van der Waals surface area contributed by atoms with Gasteiger partial charge in [-0.3, -0.25) is 4.98 Å². The number of methoxy groups -OCH3 is 1. The van der Waals surface area contributed by atoms with Crippen molar-refractivity contribution in [1.82, 2.24) is 9.97 Å². The van der Waals surface area contributed by atoms with Crippen molar-refractivity contribution in [3.8, 4) is 23.1 Å². The maximum atomic E-state index is 8.96. The Balaban J connectivity index is 2.65. The molecule has 18 heavy (non-hydrogen) atoms.